The molecule has 0 aliphatic carbocycles. The first-order valence-corrected chi connectivity index (χ1v) is 26.2. The number of piperazine rings is 1. The molecular formula is C63H92FN5O3. The fourth-order valence-corrected chi connectivity index (χ4v) is 15.3. The number of hydrogen-bond acceptors (Lipinski definition) is 5. The van der Waals surface area contributed by atoms with Crippen LogP contribution < -0.4 is 9.64 Å². The second-order valence-electron chi connectivity index (χ2n) is 27.1. The SMILES string of the molecule is [C-]#[N+]c1c(C)c(C)c(N2C(C)(C)C(C)(C)N(C(C)(C)c3c(C)c(C)c(C(C)(C)Oc4c(C)c(C)c(C)c5c4C(C)(C)N([C@@]4(C)C(=O)N(C)C(=C)C(C)(C)C4(C)C)C5=O)c(C)c3C)C(C)(C)C2(C)C)c(F)c1C. The summed E-state index contributed by atoms with van der Waals surface area (Å²) in [5.41, 5.74) is 7.83. The molecule has 6 rings (SSSR count). The molecule has 0 radical (unpaired) electrons. The zero-order chi connectivity index (χ0) is 55.8. The maximum Gasteiger partial charge on any atom is 0.256 e. The Balaban J connectivity index is 1.53. The Morgan fingerprint density at radius 2 is 1.03 bits per heavy atom. The first-order chi connectivity index (χ1) is 32.2. The van der Waals surface area contributed by atoms with Crippen molar-refractivity contribution in [2.24, 2.45) is 10.8 Å². The number of carbonyl (C=O) groups excluding carboxylic acids is 2. The van der Waals surface area contributed by atoms with Crippen molar-refractivity contribution in [2.45, 2.75) is 245 Å². The van der Waals surface area contributed by atoms with E-state index >= 15 is 9.18 Å². The summed E-state index contributed by atoms with van der Waals surface area (Å²) in [4.78, 5) is 42.7. The molecule has 3 aromatic carbocycles. The van der Waals surface area contributed by atoms with Crippen molar-refractivity contribution >= 4 is 23.2 Å². The minimum Gasteiger partial charge on any atom is -0.482 e. The minimum absolute atomic E-state index is 0.151. The Kier molecular flexibility index (Phi) is 12.7. The molecule has 0 N–H and O–H groups in total. The number of ether oxygens (including phenoxy) is 1. The van der Waals surface area contributed by atoms with E-state index in [1.165, 1.54) is 16.7 Å². The number of benzene rings is 3. The second kappa shape index (κ2) is 16.2. The van der Waals surface area contributed by atoms with Crippen LogP contribution in [0.1, 0.15) is 214 Å². The van der Waals surface area contributed by atoms with E-state index in [0.29, 0.717) is 28.3 Å². The van der Waals surface area contributed by atoms with E-state index in [9.17, 15) is 4.79 Å². The van der Waals surface area contributed by atoms with Crippen molar-refractivity contribution in [3.8, 4) is 5.75 Å². The monoisotopic (exact) mass is 986 g/mol. The van der Waals surface area contributed by atoms with E-state index in [4.69, 9.17) is 11.3 Å². The lowest BCUT2D eigenvalue weighted by molar-refractivity contribution is -0.170. The average molecular weight is 986 g/mol. The van der Waals surface area contributed by atoms with Gasteiger partial charge in [-0.1, -0.05) is 34.3 Å². The van der Waals surface area contributed by atoms with E-state index in [1.807, 2.05) is 32.6 Å². The highest BCUT2D eigenvalue weighted by Gasteiger charge is 2.70. The van der Waals surface area contributed by atoms with Crippen LogP contribution in [-0.4, -0.2) is 61.3 Å². The van der Waals surface area contributed by atoms with E-state index in [0.717, 1.165) is 55.8 Å². The third-order valence-electron chi connectivity index (χ3n) is 21.5. The lowest BCUT2D eigenvalue weighted by atomic mass is 9.53. The van der Waals surface area contributed by atoms with Crippen LogP contribution in [0.4, 0.5) is 15.8 Å². The summed E-state index contributed by atoms with van der Waals surface area (Å²) in [6.07, 6.45) is 0. The van der Waals surface area contributed by atoms with E-state index in [-0.39, 0.29) is 17.6 Å². The van der Waals surface area contributed by atoms with Crippen molar-refractivity contribution < 1.29 is 18.7 Å². The molecule has 3 aromatic rings. The Bertz CT molecular complexity index is 2860. The Morgan fingerprint density at radius 1 is 0.583 bits per heavy atom. The van der Waals surface area contributed by atoms with Crippen LogP contribution in [-0.2, 0) is 21.5 Å². The van der Waals surface area contributed by atoms with E-state index < -0.39 is 55.2 Å². The zero-order valence-electron chi connectivity index (χ0n) is 50.5. The van der Waals surface area contributed by atoms with Gasteiger partial charge in [-0.15, -0.1) is 0 Å². The Labute approximate surface area is 436 Å². The standard InChI is InChI=1S/C63H92FN5O3/c1-33-34(2)44-47(55(14,15)68(52(44)70)63(30)53(71)66(32)43(11)54(12,13)58(63,20)21)51(41(33)9)72-57(18,19)46-37(5)35(3)45(36(4)38(46)6)56(16,17)69-61(26,27)59(22,23)67(60(24,25)62(69,28)29)50-40(8)39(7)49(65-31)42(10)48(50)64/h11H2,1-10,12-30,32H3/t63-/m0/s1. The van der Waals surface area contributed by atoms with Crippen molar-refractivity contribution in [3.05, 3.63) is 107 Å². The maximum absolute atomic E-state index is 17.1. The molecule has 2 amide bonds. The molecule has 0 unspecified atom stereocenters. The van der Waals surface area contributed by atoms with E-state index in [1.54, 1.807) is 18.9 Å². The van der Waals surface area contributed by atoms with Crippen LogP contribution in [0.2, 0.25) is 0 Å². The summed E-state index contributed by atoms with van der Waals surface area (Å²) in [5, 5.41) is 0. The number of likely N-dealkylation sites (N-methyl/N-ethyl adjacent to an activating group) is 1. The number of nitrogens with zero attached hydrogens (tertiary/aromatic N) is 5. The molecule has 2 fully saturated rings. The van der Waals surface area contributed by atoms with Gasteiger partial charge in [0.25, 0.3) is 11.8 Å². The summed E-state index contributed by atoms with van der Waals surface area (Å²) in [6.45, 7) is 75.0. The van der Waals surface area contributed by atoms with Crippen LogP contribution >= 0.6 is 0 Å². The first kappa shape index (κ1) is 56.6. The summed E-state index contributed by atoms with van der Waals surface area (Å²) in [5.74, 6) is 0.0524. The molecule has 0 bridgehead atoms. The topological polar surface area (TPSA) is 60.7 Å². The average Bonchev–Trinajstić information content (AvgIpc) is 3.45. The highest BCUT2D eigenvalue weighted by Crippen LogP contribution is 2.63. The molecule has 2 saturated heterocycles. The number of likely N-dealkylation sites (tertiary alicyclic amines) is 1. The van der Waals surface area contributed by atoms with Crippen LogP contribution in [0.15, 0.2) is 12.3 Å². The van der Waals surface area contributed by atoms with Gasteiger partial charge in [0.1, 0.15) is 22.7 Å². The zero-order valence-corrected chi connectivity index (χ0v) is 50.5. The number of rotatable bonds is 7. The summed E-state index contributed by atoms with van der Waals surface area (Å²) < 4.78 is 24.7. The molecule has 0 spiro atoms. The van der Waals surface area contributed by atoms with Gasteiger partial charge in [0.15, 0.2) is 5.69 Å². The lowest BCUT2D eigenvalue weighted by Gasteiger charge is -2.75. The van der Waals surface area contributed by atoms with Gasteiger partial charge < -0.3 is 19.4 Å². The molecule has 8 nitrogen and oxygen atoms in total. The fourth-order valence-electron chi connectivity index (χ4n) is 15.3. The number of hydrogen-bond donors (Lipinski definition) is 0. The Morgan fingerprint density at radius 3 is 1.47 bits per heavy atom. The third kappa shape index (κ3) is 6.60. The van der Waals surface area contributed by atoms with Gasteiger partial charge in [0, 0.05) is 51.3 Å². The van der Waals surface area contributed by atoms with Gasteiger partial charge in [0.2, 0.25) is 0 Å². The highest BCUT2D eigenvalue weighted by molar-refractivity contribution is 6.07. The van der Waals surface area contributed by atoms with Crippen LogP contribution in [0.3, 0.4) is 0 Å². The Hall–Kier alpha value is -4.68. The number of amides is 2. The van der Waals surface area contributed by atoms with Crippen molar-refractivity contribution in [1.29, 1.82) is 0 Å². The first-order valence-electron chi connectivity index (χ1n) is 26.2. The van der Waals surface area contributed by atoms with Crippen molar-refractivity contribution in [2.75, 3.05) is 11.9 Å². The smallest absolute Gasteiger partial charge is 0.256 e. The van der Waals surface area contributed by atoms with Gasteiger partial charge in [0.05, 0.1) is 34.4 Å². The maximum atomic E-state index is 17.1. The van der Waals surface area contributed by atoms with Crippen LogP contribution in [0, 0.1) is 92.5 Å². The lowest BCUT2D eigenvalue weighted by Crippen LogP contribution is -2.86. The fraction of sp³-hybridized carbons (Fsp3) is 0.635. The van der Waals surface area contributed by atoms with Crippen LogP contribution in [0.25, 0.3) is 4.85 Å². The molecule has 9 heteroatoms. The predicted octanol–water partition coefficient (Wildman–Crippen LogP) is 15.4. The quantitative estimate of drug-likeness (QED) is 0.221. The van der Waals surface area contributed by atoms with Crippen molar-refractivity contribution in [1.82, 2.24) is 14.7 Å². The molecule has 1 atom stereocenters. The molecule has 3 heterocycles. The van der Waals surface area contributed by atoms with Gasteiger partial charge in [-0.05, 0) is 234 Å². The molecule has 394 valence electrons. The summed E-state index contributed by atoms with van der Waals surface area (Å²) in [6, 6.07) is 0. The second-order valence-corrected chi connectivity index (χ2v) is 27.1. The highest BCUT2D eigenvalue weighted by atomic mass is 19.1. The molecular weight excluding hydrogens is 894 g/mol. The number of fused-ring (bicyclic) bond motifs is 1. The number of allylic oxidation sites excluding steroid dienone is 1. The molecule has 72 heavy (non-hydrogen) atoms. The minimum atomic E-state index is -1.24. The van der Waals surface area contributed by atoms with Gasteiger partial charge in [-0.3, -0.25) is 14.5 Å². The molecule has 3 aliphatic heterocycles. The number of piperidine rings is 1. The number of carbonyl (C=O) groups is 2. The number of anilines is 1. The largest absolute Gasteiger partial charge is 0.482 e. The molecule has 3 aliphatic rings. The summed E-state index contributed by atoms with van der Waals surface area (Å²) in [7, 11) is 1.78. The molecule has 0 aromatic heterocycles. The number of halogens is 1. The summed E-state index contributed by atoms with van der Waals surface area (Å²) >= 11 is 0. The normalized spacial score (nSPS) is 23.1. The van der Waals surface area contributed by atoms with Gasteiger partial charge in [-0.25, -0.2) is 9.24 Å². The van der Waals surface area contributed by atoms with Gasteiger partial charge >= 0.3 is 0 Å². The third-order valence-corrected chi connectivity index (χ3v) is 21.5. The molecule has 0 saturated carbocycles. The van der Waals surface area contributed by atoms with Gasteiger partial charge in [-0.2, -0.15) is 0 Å². The van der Waals surface area contributed by atoms with E-state index in [2.05, 4.69) is 187 Å². The predicted molar refractivity (Wildman–Crippen MR) is 297 cm³/mol. The van der Waals surface area contributed by atoms with Crippen molar-refractivity contribution in [3.63, 3.8) is 0 Å². The van der Waals surface area contributed by atoms with Crippen LogP contribution in [0.5, 0.6) is 5.75 Å².